The van der Waals surface area contributed by atoms with Crippen molar-refractivity contribution in [1.29, 1.82) is 0 Å². The van der Waals surface area contributed by atoms with Crippen LogP contribution in [0.25, 0.3) is 10.8 Å². The maximum atomic E-state index is 12.5. The molecule has 0 spiro atoms. The molecule has 2 aromatic heterocycles. The fourth-order valence-corrected chi connectivity index (χ4v) is 2.36. The summed E-state index contributed by atoms with van der Waals surface area (Å²) in [5.74, 6) is -0.509. The van der Waals surface area contributed by atoms with Gasteiger partial charge in [0.25, 0.3) is 17.0 Å². The van der Waals surface area contributed by atoms with Gasteiger partial charge in [-0.1, -0.05) is 12.1 Å². The molecule has 0 unspecified atom stereocenters. The Kier molecular flexibility index (Phi) is 4.11. The van der Waals surface area contributed by atoms with Crippen LogP contribution in [0.5, 0.6) is 0 Å². The number of hydrazone groups is 1. The fourth-order valence-electron chi connectivity index (χ4n) is 2.36. The molecular formula is C16H15N5O3. The topological polar surface area (TPSA) is 101 Å². The maximum absolute atomic E-state index is 12.5. The van der Waals surface area contributed by atoms with Crippen molar-refractivity contribution in [1.82, 2.24) is 19.8 Å². The van der Waals surface area contributed by atoms with Crippen molar-refractivity contribution in [3.8, 4) is 0 Å². The second-order valence-electron chi connectivity index (χ2n) is 5.16. The molecule has 0 saturated carbocycles. The zero-order valence-electron chi connectivity index (χ0n) is 12.9. The van der Waals surface area contributed by atoms with E-state index in [2.05, 4.69) is 15.5 Å². The van der Waals surface area contributed by atoms with Gasteiger partial charge in [0.2, 0.25) is 0 Å². The Hall–Kier alpha value is -3.42. The third-order valence-corrected chi connectivity index (χ3v) is 3.59. The largest absolute Gasteiger partial charge is 0.360 e. The molecule has 0 fully saturated rings. The van der Waals surface area contributed by atoms with Crippen LogP contribution < -0.4 is 16.5 Å². The summed E-state index contributed by atoms with van der Waals surface area (Å²) in [7, 11) is 1.45. The average Bonchev–Trinajstić information content (AvgIpc) is 3.10. The van der Waals surface area contributed by atoms with Crippen molar-refractivity contribution in [2.75, 3.05) is 0 Å². The van der Waals surface area contributed by atoms with Crippen LogP contribution in [-0.4, -0.2) is 26.5 Å². The summed E-state index contributed by atoms with van der Waals surface area (Å²) in [6.45, 7) is -0.308. The number of nitrogens with zero attached hydrogens (tertiary/aromatic N) is 3. The van der Waals surface area contributed by atoms with E-state index in [9.17, 15) is 14.4 Å². The fraction of sp³-hybridized carbons (Fsp3) is 0.125. The Balaban J connectivity index is 1.86. The van der Waals surface area contributed by atoms with Gasteiger partial charge >= 0.3 is 0 Å². The first-order valence-electron chi connectivity index (χ1n) is 7.22. The molecule has 8 heteroatoms. The Morgan fingerprint density at radius 1 is 1.17 bits per heavy atom. The molecule has 3 aromatic rings. The van der Waals surface area contributed by atoms with Crippen LogP contribution >= 0.6 is 0 Å². The molecule has 8 nitrogen and oxygen atoms in total. The van der Waals surface area contributed by atoms with Gasteiger partial charge in [-0.3, -0.25) is 14.4 Å². The van der Waals surface area contributed by atoms with E-state index < -0.39 is 11.5 Å². The predicted molar refractivity (Wildman–Crippen MR) is 90.0 cm³/mol. The van der Waals surface area contributed by atoms with E-state index in [1.807, 2.05) is 0 Å². The molecule has 0 saturated heterocycles. The van der Waals surface area contributed by atoms with Gasteiger partial charge in [-0.05, 0) is 24.3 Å². The zero-order chi connectivity index (χ0) is 17.1. The lowest BCUT2D eigenvalue weighted by atomic mass is 10.2. The van der Waals surface area contributed by atoms with Crippen molar-refractivity contribution >= 4 is 22.9 Å². The number of carbonyl (C=O) groups is 1. The summed E-state index contributed by atoms with van der Waals surface area (Å²) in [4.78, 5) is 39.7. The smallest absolute Gasteiger partial charge is 0.273 e. The van der Waals surface area contributed by atoms with Crippen LogP contribution in [0.1, 0.15) is 5.69 Å². The molecule has 0 radical (unpaired) electrons. The molecule has 0 aliphatic heterocycles. The average molecular weight is 325 g/mol. The minimum absolute atomic E-state index is 0.281. The number of nitrogens with one attached hydrogen (secondary N) is 2. The third kappa shape index (κ3) is 2.89. The molecule has 2 heterocycles. The highest BCUT2D eigenvalue weighted by atomic mass is 16.2. The lowest BCUT2D eigenvalue weighted by molar-refractivity contribution is -0.122. The van der Waals surface area contributed by atoms with Gasteiger partial charge in [0, 0.05) is 13.2 Å². The predicted octanol–water partition coefficient (Wildman–Crippen LogP) is 0.179. The summed E-state index contributed by atoms with van der Waals surface area (Å²) in [5.41, 5.74) is 2.31. The first kappa shape index (κ1) is 15.5. The minimum atomic E-state index is -0.509. The van der Waals surface area contributed by atoms with Crippen molar-refractivity contribution in [2.45, 2.75) is 6.54 Å². The quantitative estimate of drug-likeness (QED) is 0.528. The number of hydrogen-bond acceptors (Lipinski definition) is 4. The minimum Gasteiger partial charge on any atom is -0.360 e. The number of carbonyl (C=O) groups excluding carboxylic acids is 1. The highest BCUT2D eigenvalue weighted by Gasteiger charge is 2.12. The van der Waals surface area contributed by atoms with Gasteiger partial charge in [-0.15, -0.1) is 0 Å². The van der Waals surface area contributed by atoms with Crippen LogP contribution in [-0.2, 0) is 18.4 Å². The number of aromatic nitrogens is 3. The Morgan fingerprint density at radius 2 is 1.88 bits per heavy atom. The number of benzene rings is 1. The number of amides is 1. The van der Waals surface area contributed by atoms with Gasteiger partial charge in [0.05, 0.1) is 22.7 Å². The van der Waals surface area contributed by atoms with Crippen LogP contribution in [0.15, 0.2) is 57.3 Å². The molecule has 24 heavy (non-hydrogen) atoms. The molecule has 0 aliphatic rings. The van der Waals surface area contributed by atoms with Crippen LogP contribution in [0.3, 0.4) is 0 Å². The second kappa shape index (κ2) is 6.37. The van der Waals surface area contributed by atoms with Crippen molar-refractivity contribution in [3.05, 3.63) is 69.0 Å². The monoisotopic (exact) mass is 325 g/mol. The number of H-pyrrole nitrogens is 1. The maximum Gasteiger partial charge on any atom is 0.273 e. The van der Waals surface area contributed by atoms with E-state index in [1.165, 1.54) is 13.3 Å². The molecule has 0 aliphatic carbocycles. The van der Waals surface area contributed by atoms with E-state index >= 15 is 0 Å². The summed E-state index contributed by atoms with van der Waals surface area (Å²) >= 11 is 0. The van der Waals surface area contributed by atoms with Crippen LogP contribution in [0.4, 0.5) is 0 Å². The molecule has 2 N–H and O–H groups in total. The van der Waals surface area contributed by atoms with Gasteiger partial charge in [-0.25, -0.2) is 14.8 Å². The first-order chi connectivity index (χ1) is 11.6. The van der Waals surface area contributed by atoms with E-state index in [1.54, 1.807) is 42.6 Å². The highest BCUT2D eigenvalue weighted by molar-refractivity contribution is 5.82. The molecular weight excluding hydrogens is 310 g/mol. The Bertz CT molecular complexity index is 1030. The molecule has 122 valence electrons. The molecule has 1 amide bonds. The van der Waals surface area contributed by atoms with Crippen LogP contribution in [0.2, 0.25) is 0 Å². The van der Waals surface area contributed by atoms with Crippen molar-refractivity contribution < 1.29 is 4.79 Å². The van der Waals surface area contributed by atoms with E-state index in [4.69, 9.17) is 0 Å². The number of fused-ring (bicyclic) bond motifs is 1. The van der Waals surface area contributed by atoms with Crippen LogP contribution in [0, 0.1) is 0 Å². The zero-order valence-corrected chi connectivity index (χ0v) is 12.9. The van der Waals surface area contributed by atoms with Gasteiger partial charge in [0.15, 0.2) is 0 Å². The Labute approximate surface area is 136 Å². The normalized spacial score (nSPS) is 11.2. The number of rotatable bonds is 4. The summed E-state index contributed by atoms with van der Waals surface area (Å²) in [6.07, 6.45) is 3.17. The van der Waals surface area contributed by atoms with E-state index in [-0.39, 0.29) is 17.5 Å². The second-order valence-corrected chi connectivity index (χ2v) is 5.16. The van der Waals surface area contributed by atoms with E-state index in [0.29, 0.717) is 5.39 Å². The van der Waals surface area contributed by atoms with E-state index in [0.717, 1.165) is 15.1 Å². The van der Waals surface area contributed by atoms with Gasteiger partial charge in [-0.2, -0.15) is 5.10 Å². The highest BCUT2D eigenvalue weighted by Crippen LogP contribution is 2.03. The van der Waals surface area contributed by atoms with Crippen molar-refractivity contribution in [2.24, 2.45) is 12.1 Å². The van der Waals surface area contributed by atoms with Gasteiger partial charge in [0.1, 0.15) is 6.54 Å². The standard InChI is InChI=1S/C16H15N5O3/c1-20-15(23)12-6-2-3-7-13(12)16(24)21(20)10-14(22)19-18-9-11-5-4-8-17-11/h2-9,17H,10H2,1H3,(H,19,22)/b18-9+. The van der Waals surface area contributed by atoms with Crippen molar-refractivity contribution in [3.63, 3.8) is 0 Å². The van der Waals surface area contributed by atoms with Gasteiger partial charge < -0.3 is 4.98 Å². The summed E-state index contributed by atoms with van der Waals surface area (Å²) in [5, 5.41) is 4.40. The summed E-state index contributed by atoms with van der Waals surface area (Å²) in [6, 6.07) is 10.1. The summed E-state index contributed by atoms with van der Waals surface area (Å²) < 4.78 is 2.23. The Morgan fingerprint density at radius 3 is 2.54 bits per heavy atom. The SMILES string of the molecule is Cn1c(=O)c2ccccc2c(=O)n1CC(=O)N/N=C/c1ccc[nH]1. The molecule has 3 rings (SSSR count). The molecule has 1 aromatic carbocycles. The lowest BCUT2D eigenvalue weighted by Crippen LogP contribution is -2.40. The third-order valence-electron chi connectivity index (χ3n) is 3.59. The number of aromatic amines is 1. The first-order valence-corrected chi connectivity index (χ1v) is 7.22. The molecule has 0 bridgehead atoms. The lowest BCUT2D eigenvalue weighted by Gasteiger charge is -2.12. The number of hydrogen-bond donors (Lipinski definition) is 2. The molecule has 0 atom stereocenters.